The van der Waals surface area contributed by atoms with E-state index in [0.717, 1.165) is 18.4 Å². The van der Waals surface area contributed by atoms with Gasteiger partial charge in [0.05, 0.1) is 5.54 Å². The van der Waals surface area contributed by atoms with Gasteiger partial charge in [0, 0.05) is 26.6 Å². The van der Waals surface area contributed by atoms with Gasteiger partial charge in [-0.25, -0.2) is 0 Å². The number of nitrogens with zero attached hydrogens (tertiary/aromatic N) is 2. The number of fused-ring (bicyclic) bond motifs is 1. The minimum atomic E-state index is -0.488. The molecular weight excluding hydrogens is 328 g/mol. The molecule has 1 aromatic carbocycles. The van der Waals surface area contributed by atoms with Crippen LogP contribution < -0.4 is 0 Å². The summed E-state index contributed by atoms with van der Waals surface area (Å²) >= 11 is 0. The summed E-state index contributed by atoms with van der Waals surface area (Å²) < 4.78 is 5.95. The van der Waals surface area contributed by atoms with Crippen molar-refractivity contribution >= 4 is 11.8 Å². The van der Waals surface area contributed by atoms with Gasteiger partial charge in [-0.3, -0.25) is 9.59 Å². The lowest BCUT2D eigenvalue weighted by atomic mass is 9.76. The summed E-state index contributed by atoms with van der Waals surface area (Å²) in [6.07, 6.45) is 6.97. The molecule has 2 aliphatic rings. The molecule has 0 N–H and O–H groups in total. The standard InChI is InChI=1S/C21H28N2O3/c1-3-4-5-9-12-19(24)23-14-13-21(17-10-7-6-8-11-17)18(15-23)26-16-20(25)22(21)2/h3-4,6-8,10-11,18H,5,9,12-16H2,1-2H3/b4-3+/t18-,21+/m1/s1. The maximum Gasteiger partial charge on any atom is 0.249 e. The highest BCUT2D eigenvalue weighted by Crippen LogP contribution is 2.42. The lowest BCUT2D eigenvalue weighted by molar-refractivity contribution is -0.184. The summed E-state index contributed by atoms with van der Waals surface area (Å²) in [4.78, 5) is 28.7. The fourth-order valence-electron chi connectivity index (χ4n) is 4.15. The molecule has 0 bridgehead atoms. The molecule has 0 unspecified atom stereocenters. The van der Waals surface area contributed by atoms with Crippen LogP contribution in [0.2, 0.25) is 0 Å². The van der Waals surface area contributed by atoms with Gasteiger partial charge in [0.2, 0.25) is 11.8 Å². The third-order valence-corrected chi connectivity index (χ3v) is 5.69. The zero-order valence-corrected chi connectivity index (χ0v) is 15.7. The Morgan fingerprint density at radius 3 is 2.85 bits per heavy atom. The number of rotatable bonds is 5. The van der Waals surface area contributed by atoms with E-state index in [-0.39, 0.29) is 24.5 Å². The summed E-state index contributed by atoms with van der Waals surface area (Å²) in [6, 6.07) is 10.1. The van der Waals surface area contributed by atoms with Crippen molar-refractivity contribution in [1.29, 1.82) is 0 Å². The van der Waals surface area contributed by atoms with E-state index in [1.807, 2.05) is 48.0 Å². The predicted molar refractivity (Wildman–Crippen MR) is 100 cm³/mol. The van der Waals surface area contributed by atoms with Crippen LogP contribution in [0.15, 0.2) is 42.5 Å². The fraction of sp³-hybridized carbons (Fsp3) is 0.524. The Morgan fingerprint density at radius 2 is 2.12 bits per heavy atom. The Kier molecular flexibility index (Phi) is 5.77. The van der Waals surface area contributed by atoms with E-state index in [4.69, 9.17) is 4.74 Å². The third-order valence-electron chi connectivity index (χ3n) is 5.69. The number of piperidine rings is 1. The molecule has 1 aromatic rings. The number of hydrogen-bond donors (Lipinski definition) is 0. The first-order chi connectivity index (χ1) is 12.6. The largest absolute Gasteiger partial charge is 0.364 e. The van der Waals surface area contributed by atoms with Gasteiger partial charge >= 0.3 is 0 Å². The van der Waals surface area contributed by atoms with Gasteiger partial charge in [-0.2, -0.15) is 0 Å². The first-order valence-electron chi connectivity index (χ1n) is 9.42. The number of benzene rings is 1. The highest BCUT2D eigenvalue weighted by Gasteiger charge is 2.53. The number of carbonyl (C=O) groups is 2. The molecule has 2 fully saturated rings. The van der Waals surface area contributed by atoms with Crippen molar-refractivity contribution in [2.75, 3.05) is 26.7 Å². The number of morpholine rings is 1. The molecule has 2 saturated heterocycles. The lowest BCUT2D eigenvalue weighted by Crippen LogP contribution is -2.67. The zero-order chi connectivity index (χ0) is 18.6. The second-order valence-electron chi connectivity index (χ2n) is 7.09. The van der Waals surface area contributed by atoms with Gasteiger partial charge in [0.15, 0.2) is 0 Å². The maximum absolute atomic E-state index is 12.6. The van der Waals surface area contributed by atoms with Crippen molar-refractivity contribution in [1.82, 2.24) is 9.80 Å². The highest BCUT2D eigenvalue weighted by molar-refractivity contribution is 5.80. The summed E-state index contributed by atoms with van der Waals surface area (Å²) in [5.74, 6) is 0.176. The molecule has 0 radical (unpaired) electrons. The van der Waals surface area contributed by atoms with Gasteiger partial charge in [0.25, 0.3) is 0 Å². The van der Waals surface area contributed by atoms with E-state index in [2.05, 4.69) is 18.2 Å². The first kappa shape index (κ1) is 18.6. The van der Waals surface area contributed by atoms with E-state index in [1.165, 1.54) is 0 Å². The van der Waals surface area contributed by atoms with E-state index in [1.54, 1.807) is 0 Å². The molecular formula is C21H28N2O3. The Morgan fingerprint density at radius 1 is 1.35 bits per heavy atom. The second kappa shape index (κ2) is 8.04. The average Bonchev–Trinajstić information content (AvgIpc) is 2.68. The quantitative estimate of drug-likeness (QED) is 0.602. The van der Waals surface area contributed by atoms with Crippen molar-refractivity contribution in [3.8, 4) is 0 Å². The van der Waals surface area contributed by atoms with Crippen LogP contribution in [-0.2, 0) is 19.9 Å². The SMILES string of the molecule is C/C=C/CCCC(=O)N1CC[C@]2(c3ccccc3)[C@@H](C1)OCC(=O)N2C. The molecule has 0 saturated carbocycles. The minimum absolute atomic E-state index is 0.00349. The van der Waals surface area contributed by atoms with Crippen molar-refractivity contribution in [3.05, 3.63) is 48.0 Å². The predicted octanol–water partition coefficient (Wildman–Crippen LogP) is 2.72. The van der Waals surface area contributed by atoms with Crippen LogP contribution in [0.25, 0.3) is 0 Å². The van der Waals surface area contributed by atoms with Crippen LogP contribution in [0.3, 0.4) is 0 Å². The van der Waals surface area contributed by atoms with Crippen LogP contribution in [0.5, 0.6) is 0 Å². The van der Waals surface area contributed by atoms with Gasteiger partial charge in [-0.05, 0) is 31.7 Å². The minimum Gasteiger partial charge on any atom is -0.364 e. The Bertz CT molecular complexity index is 673. The van der Waals surface area contributed by atoms with E-state index >= 15 is 0 Å². The molecule has 2 aliphatic heterocycles. The molecule has 0 aliphatic carbocycles. The van der Waals surface area contributed by atoms with Crippen LogP contribution >= 0.6 is 0 Å². The van der Waals surface area contributed by atoms with Crippen LogP contribution in [0.4, 0.5) is 0 Å². The van der Waals surface area contributed by atoms with Crippen molar-refractivity contribution < 1.29 is 14.3 Å². The summed E-state index contributed by atoms with van der Waals surface area (Å²) in [5.41, 5.74) is 0.596. The number of likely N-dealkylation sites (tertiary alicyclic amines) is 1. The molecule has 2 heterocycles. The fourth-order valence-corrected chi connectivity index (χ4v) is 4.15. The number of ether oxygens (including phenoxy) is 1. The van der Waals surface area contributed by atoms with Crippen LogP contribution in [0, 0.1) is 0 Å². The molecule has 5 heteroatoms. The Labute approximate surface area is 155 Å². The molecule has 5 nitrogen and oxygen atoms in total. The number of amides is 2. The third kappa shape index (κ3) is 3.40. The normalized spacial score (nSPS) is 26.2. The average molecular weight is 356 g/mol. The highest BCUT2D eigenvalue weighted by atomic mass is 16.5. The molecule has 0 aromatic heterocycles. The molecule has 3 rings (SSSR count). The van der Waals surface area contributed by atoms with E-state index < -0.39 is 5.54 Å². The van der Waals surface area contributed by atoms with Crippen LogP contribution in [0.1, 0.15) is 38.2 Å². The van der Waals surface area contributed by atoms with Gasteiger partial charge in [-0.15, -0.1) is 0 Å². The smallest absolute Gasteiger partial charge is 0.249 e. The van der Waals surface area contributed by atoms with Gasteiger partial charge in [-0.1, -0.05) is 42.5 Å². The summed E-state index contributed by atoms with van der Waals surface area (Å²) in [7, 11) is 1.86. The number of hydrogen-bond acceptors (Lipinski definition) is 3. The van der Waals surface area contributed by atoms with E-state index in [0.29, 0.717) is 25.9 Å². The van der Waals surface area contributed by atoms with Crippen molar-refractivity contribution in [2.45, 2.75) is 44.2 Å². The van der Waals surface area contributed by atoms with Gasteiger partial charge < -0.3 is 14.5 Å². The Hall–Kier alpha value is -2.14. The molecule has 140 valence electrons. The van der Waals surface area contributed by atoms with Crippen LogP contribution in [-0.4, -0.2) is 54.5 Å². The summed E-state index contributed by atoms with van der Waals surface area (Å²) in [6.45, 7) is 3.26. The zero-order valence-electron chi connectivity index (χ0n) is 15.7. The molecule has 26 heavy (non-hydrogen) atoms. The van der Waals surface area contributed by atoms with Crippen molar-refractivity contribution in [3.63, 3.8) is 0 Å². The lowest BCUT2D eigenvalue weighted by Gasteiger charge is -2.54. The van der Waals surface area contributed by atoms with Gasteiger partial charge in [0.1, 0.15) is 12.7 Å². The number of allylic oxidation sites excluding steroid dienone is 2. The second-order valence-corrected chi connectivity index (χ2v) is 7.09. The molecule has 2 amide bonds. The number of likely N-dealkylation sites (N-methyl/N-ethyl adjacent to an activating group) is 1. The topological polar surface area (TPSA) is 49.9 Å². The molecule has 2 atom stereocenters. The number of carbonyl (C=O) groups excluding carboxylic acids is 2. The summed E-state index contributed by atoms with van der Waals surface area (Å²) in [5, 5.41) is 0. The first-order valence-corrected chi connectivity index (χ1v) is 9.42. The molecule has 0 spiro atoms. The van der Waals surface area contributed by atoms with E-state index in [9.17, 15) is 9.59 Å². The maximum atomic E-state index is 12.6. The monoisotopic (exact) mass is 356 g/mol. The van der Waals surface area contributed by atoms with Crippen molar-refractivity contribution in [2.24, 2.45) is 0 Å². The number of unbranched alkanes of at least 4 members (excludes halogenated alkanes) is 1. The Balaban J connectivity index is 1.77.